The van der Waals surface area contributed by atoms with Crippen molar-refractivity contribution in [3.63, 3.8) is 0 Å². The number of thioether (sulfide) groups is 1. The molecule has 1 heterocycles. The molecule has 1 N–H and O–H groups in total. The second-order valence-electron chi connectivity index (χ2n) is 6.78. The monoisotopic (exact) mass is 468 g/mol. The van der Waals surface area contributed by atoms with E-state index in [4.69, 9.17) is 9.47 Å². The average molecular weight is 469 g/mol. The minimum absolute atomic E-state index is 0.0364. The lowest BCUT2D eigenvalue weighted by atomic mass is 10.2. The van der Waals surface area contributed by atoms with E-state index in [-0.39, 0.29) is 35.1 Å². The van der Waals surface area contributed by atoms with E-state index < -0.39 is 15.9 Å². The molecule has 0 bridgehead atoms. The van der Waals surface area contributed by atoms with E-state index in [1.54, 1.807) is 18.2 Å². The second-order valence-corrected chi connectivity index (χ2v) is 9.82. The predicted octanol–water partition coefficient (Wildman–Crippen LogP) is 2.52. The van der Waals surface area contributed by atoms with Crippen molar-refractivity contribution < 1.29 is 27.1 Å². The van der Waals surface area contributed by atoms with Crippen LogP contribution in [0.5, 0.6) is 5.75 Å². The van der Waals surface area contributed by atoms with Gasteiger partial charge in [0.1, 0.15) is 11.6 Å². The lowest BCUT2D eigenvalue weighted by molar-refractivity contribution is 0.0730. The van der Waals surface area contributed by atoms with Crippen LogP contribution in [0, 0.1) is 5.82 Å². The molecule has 1 saturated heterocycles. The van der Waals surface area contributed by atoms with Crippen molar-refractivity contribution in [1.29, 1.82) is 0 Å². The number of benzene rings is 2. The number of halogens is 1. The highest BCUT2D eigenvalue weighted by molar-refractivity contribution is 7.98. The number of sulfonamides is 1. The van der Waals surface area contributed by atoms with E-state index in [2.05, 4.69) is 5.32 Å². The summed E-state index contributed by atoms with van der Waals surface area (Å²) < 4.78 is 51.2. The molecule has 2 aromatic carbocycles. The zero-order valence-corrected chi connectivity index (χ0v) is 18.8. The Balaban J connectivity index is 1.61. The van der Waals surface area contributed by atoms with Crippen LogP contribution in [0.4, 0.5) is 4.39 Å². The zero-order valence-electron chi connectivity index (χ0n) is 17.2. The molecule has 1 aliphatic rings. The minimum atomic E-state index is -3.73. The Morgan fingerprint density at radius 2 is 1.97 bits per heavy atom. The molecule has 0 aliphatic carbocycles. The molecule has 1 aliphatic heterocycles. The van der Waals surface area contributed by atoms with Crippen molar-refractivity contribution in [3.8, 4) is 5.75 Å². The standard InChI is InChI=1S/C21H25FN2O5S2/c1-28-20-7-6-17(31(26,27)24-9-11-29-12-10-24)14-18(20)21(25)23-8-13-30-15-16-4-2-3-5-19(16)22/h2-7,14H,8-13,15H2,1H3,(H,23,25). The van der Waals surface area contributed by atoms with Crippen molar-refractivity contribution in [2.75, 3.05) is 45.7 Å². The third kappa shape index (κ3) is 5.97. The third-order valence-electron chi connectivity index (χ3n) is 4.77. The van der Waals surface area contributed by atoms with E-state index in [0.29, 0.717) is 36.8 Å². The molecule has 168 valence electrons. The van der Waals surface area contributed by atoms with Gasteiger partial charge in [0, 0.05) is 31.1 Å². The van der Waals surface area contributed by atoms with Gasteiger partial charge in [0.05, 0.1) is 30.8 Å². The number of ether oxygens (including phenoxy) is 2. The smallest absolute Gasteiger partial charge is 0.255 e. The molecule has 0 aromatic heterocycles. The van der Waals surface area contributed by atoms with Gasteiger partial charge >= 0.3 is 0 Å². The van der Waals surface area contributed by atoms with Gasteiger partial charge in [-0.1, -0.05) is 18.2 Å². The predicted molar refractivity (Wildman–Crippen MR) is 117 cm³/mol. The fourth-order valence-electron chi connectivity index (χ4n) is 3.09. The van der Waals surface area contributed by atoms with Crippen LogP contribution in [0.2, 0.25) is 0 Å². The van der Waals surface area contributed by atoms with Gasteiger partial charge in [0.25, 0.3) is 5.91 Å². The Hall–Kier alpha value is -2.14. The van der Waals surface area contributed by atoms with E-state index in [0.717, 1.165) is 0 Å². The van der Waals surface area contributed by atoms with Crippen LogP contribution in [0.25, 0.3) is 0 Å². The number of rotatable bonds is 9. The maximum Gasteiger partial charge on any atom is 0.255 e. The maximum atomic E-state index is 13.6. The van der Waals surface area contributed by atoms with Gasteiger partial charge in [-0.2, -0.15) is 16.1 Å². The molecular formula is C21H25FN2O5S2. The number of methoxy groups -OCH3 is 1. The Bertz CT molecular complexity index is 1010. The molecule has 7 nitrogen and oxygen atoms in total. The number of hydrogen-bond acceptors (Lipinski definition) is 6. The van der Waals surface area contributed by atoms with Gasteiger partial charge in [0.2, 0.25) is 10.0 Å². The SMILES string of the molecule is COc1ccc(S(=O)(=O)N2CCOCC2)cc1C(=O)NCCSCc1ccccc1F. The van der Waals surface area contributed by atoms with Crippen molar-refractivity contribution in [2.24, 2.45) is 0 Å². The summed E-state index contributed by atoms with van der Waals surface area (Å²) in [4.78, 5) is 12.7. The van der Waals surface area contributed by atoms with Crippen molar-refractivity contribution >= 4 is 27.7 Å². The highest BCUT2D eigenvalue weighted by atomic mass is 32.2. The van der Waals surface area contributed by atoms with Crippen molar-refractivity contribution in [3.05, 3.63) is 59.4 Å². The highest BCUT2D eigenvalue weighted by Crippen LogP contribution is 2.25. The number of carbonyl (C=O) groups excluding carboxylic acids is 1. The largest absolute Gasteiger partial charge is 0.496 e. The van der Waals surface area contributed by atoms with Crippen molar-refractivity contribution in [1.82, 2.24) is 9.62 Å². The first-order valence-corrected chi connectivity index (χ1v) is 12.4. The molecule has 0 atom stereocenters. The summed E-state index contributed by atoms with van der Waals surface area (Å²) in [5.41, 5.74) is 0.762. The molecule has 1 amide bonds. The lowest BCUT2D eigenvalue weighted by Gasteiger charge is -2.26. The number of hydrogen-bond donors (Lipinski definition) is 1. The fourth-order valence-corrected chi connectivity index (χ4v) is 5.37. The molecule has 3 rings (SSSR count). The van der Waals surface area contributed by atoms with Crippen LogP contribution < -0.4 is 10.1 Å². The molecule has 0 saturated carbocycles. The van der Waals surface area contributed by atoms with Crippen LogP contribution in [0.1, 0.15) is 15.9 Å². The molecular weight excluding hydrogens is 443 g/mol. The summed E-state index contributed by atoms with van der Waals surface area (Å²) >= 11 is 1.49. The van der Waals surface area contributed by atoms with Crippen LogP contribution in [-0.4, -0.2) is 64.3 Å². The highest BCUT2D eigenvalue weighted by Gasteiger charge is 2.28. The molecule has 10 heteroatoms. The molecule has 0 radical (unpaired) electrons. The number of amides is 1. The van der Waals surface area contributed by atoms with E-state index in [1.165, 1.54) is 47.4 Å². The van der Waals surface area contributed by atoms with Gasteiger partial charge in [0.15, 0.2) is 0 Å². The normalized spacial score (nSPS) is 14.9. The molecule has 0 spiro atoms. The van der Waals surface area contributed by atoms with Gasteiger partial charge < -0.3 is 14.8 Å². The average Bonchev–Trinajstić information content (AvgIpc) is 2.80. The Morgan fingerprint density at radius 3 is 2.68 bits per heavy atom. The van der Waals surface area contributed by atoms with E-state index >= 15 is 0 Å². The first kappa shape index (κ1) is 23.5. The number of carbonyl (C=O) groups is 1. The summed E-state index contributed by atoms with van der Waals surface area (Å²) in [5, 5.41) is 2.77. The summed E-state index contributed by atoms with van der Waals surface area (Å²) in [6.45, 7) is 1.58. The van der Waals surface area contributed by atoms with Gasteiger partial charge in [-0.15, -0.1) is 0 Å². The summed E-state index contributed by atoms with van der Waals surface area (Å²) in [6, 6.07) is 10.8. The van der Waals surface area contributed by atoms with Gasteiger partial charge in [-0.05, 0) is 29.8 Å². The van der Waals surface area contributed by atoms with Crippen LogP contribution >= 0.6 is 11.8 Å². The Morgan fingerprint density at radius 1 is 1.23 bits per heavy atom. The summed E-state index contributed by atoms with van der Waals surface area (Å²) in [6.07, 6.45) is 0. The van der Waals surface area contributed by atoms with Gasteiger partial charge in [-0.3, -0.25) is 4.79 Å². The van der Waals surface area contributed by atoms with Crippen LogP contribution in [0.15, 0.2) is 47.4 Å². The lowest BCUT2D eigenvalue weighted by Crippen LogP contribution is -2.40. The van der Waals surface area contributed by atoms with E-state index in [1.807, 2.05) is 0 Å². The number of nitrogens with one attached hydrogen (secondary N) is 1. The van der Waals surface area contributed by atoms with Crippen LogP contribution in [0.3, 0.4) is 0 Å². The number of morpholine rings is 1. The van der Waals surface area contributed by atoms with E-state index in [9.17, 15) is 17.6 Å². The maximum absolute atomic E-state index is 13.6. The molecule has 2 aromatic rings. The first-order chi connectivity index (χ1) is 14.9. The third-order valence-corrected chi connectivity index (χ3v) is 7.67. The molecule has 31 heavy (non-hydrogen) atoms. The Labute approximate surface area is 186 Å². The fraction of sp³-hybridized carbons (Fsp3) is 0.381. The quantitative estimate of drug-likeness (QED) is 0.570. The first-order valence-electron chi connectivity index (χ1n) is 9.79. The van der Waals surface area contributed by atoms with Crippen molar-refractivity contribution in [2.45, 2.75) is 10.6 Å². The summed E-state index contributed by atoms with van der Waals surface area (Å²) in [5.74, 6) is 0.690. The minimum Gasteiger partial charge on any atom is -0.496 e. The molecule has 0 unspecified atom stereocenters. The number of nitrogens with zero attached hydrogens (tertiary/aromatic N) is 1. The zero-order chi connectivity index (χ0) is 22.3. The Kier molecular flexibility index (Phi) is 8.30. The topological polar surface area (TPSA) is 84.9 Å². The summed E-state index contributed by atoms with van der Waals surface area (Å²) in [7, 11) is -2.31. The molecule has 1 fully saturated rings. The second kappa shape index (κ2) is 10.9. The van der Waals surface area contributed by atoms with Gasteiger partial charge in [-0.25, -0.2) is 12.8 Å². The van der Waals surface area contributed by atoms with Crippen LogP contribution in [-0.2, 0) is 20.5 Å².